The Bertz CT molecular complexity index is 676. The van der Waals surface area contributed by atoms with Gasteiger partial charge in [-0.3, -0.25) is 5.10 Å². The molecule has 0 saturated carbocycles. The van der Waals surface area contributed by atoms with Crippen molar-refractivity contribution >= 4 is 17.6 Å². The number of hydrogen-bond donors (Lipinski definition) is 3. The normalized spacial score (nSPS) is 13.3. The van der Waals surface area contributed by atoms with Gasteiger partial charge in [0, 0.05) is 19.2 Å². The van der Waals surface area contributed by atoms with Crippen LogP contribution in [0.1, 0.15) is 17.7 Å². The lowest BCUT2D eigenvalue weighted by atomic mass is 10.2. The van der Waals surface area contributed by atoms with Gasteiger partial charge in [-0.1, -0.05) is 11.6 Å². The van der Waals surface area contributed by atoms with Crippen molar-refractivity contribution in [1.82, 2.24) is 20.8 Å². The van der Waals surface area contributed by atoms with Gasteiger partial charge in [0.1, 0.15) is 0 Å². The summed E-state index contributed by atoms with van der Waals surface area (Å²) in [6, 6.07) is 5.12. The monoisotopic (exact) mass is 336 g/mol. The molecule has 0 fully saturated rings. The Morgan fingerprint density at radius 1 is 1.26 bits per heavy atom. The smallest absolute Gasteiger partial charge is 0.315 e. The molecule has 1 aliphatic rings. The van der Waals surface area contributed by atoms with Gasteiger partial charge < -0.3 is 20.1 Å². The van der Waals surface area contributed by atoms with Crippen molar-refractivity contribution in [2.24, 2.45) is 0 Å². The number of halogens is 1. The summed E-state index contributed by atoms with van der Waals surface area (Å²) < 4.78 is 11.2. The quantitative estimate of drug-likeness (QED) is 0.798. The van der Waals surface area contributed by atoms with Crippen LogP contribution in [-0.2, 0) is 13.1 Å². The second kappa shape index (κ2) is 7.23. The predicted octanol–water partition coefficient (Wildman–Crippen LogP) is 2.22. The van der Waals surface area contributed by atoms with Crippen molar-refractivity contribution in [2.75, 3.05) is 13.2 Å². The van der Waals surface area contributed by atoms with Crippen LogP contribution in [0.25, 0.3) is 0 Å². The van der Waals surface area contributed by atoms with E-state index in [2.05, 4.69) is 20.8 Å². The third kappa shape index (κ3) is 4.07. The van der Waals surface area contributed by atoms with Gasteiger partial charge in [0.25, 0.3) is 0 Å². The molecule has 3 rings (SSSR count). The third-order valence-electron chi connectivity index (χ3n) is 3.31. The van der Waals surface area contributed by atoms with Gasteiger partial charge in [0.2, 0.25) is 0 Å². The molecule has 0 radical (unpaired) electrons. The molecule has 2 amide bonds. The fourth-order valence-corrected chi connectivity index (χ4v) is 2.48. The van der Waals surface area contributed by atoms with Gasteiger partial charge >= 0.3 is 6.03 Å². The molecule has 0 bridgehead atoms. The number of aromatic amines is 1. The molecular formula is C15H17ClN4O3. The molecule has 8 heteroatoms. The highest BCUT2D eigenvalue weighted by atomic mass is 35.5. The molecule has 0 saturated heterocycles. The van der Waals surface area contributed by atoms with Crippen molar-refractivity contribution in [1.29, 1.82) is 0 Å². The maximum Gasteiger partial charge on any atom is 0.315 e. The molecular weight excluding hydrogens is 320 g/mol. The van der Waals surface area contributed by atoms with E-state index in [1.54, 1.807) is 18.3 Å². The fraction of sp³-hybridized carbons (Fsp3) is 0.333. The lowest BCUT2D eigenvalue weighted by Crippen LogP contribution is -2.34. The van der Waals surface area contributed by atoms with Gasteiger partial charge in [0.15, 0.2) is 11.5 Å². The van der Waals surface area contributed by atoms with E-state index in [1.807, 2.05) is 6.07 Å². The van der Waals surface area contributed by atoms with Crippen LogP contribution in [0.2, 0.25) is 5.02 Å². The summed E-state index contributed by atoms with van der Waals surface area (Å²) in [6.45, 7) is 1.89. The zero-order valence-electron chi connectivity index (χ0n) is 12.4. The SMILES string of the molecule is O=C(NCc1cc(Cl)c2c(c1)OCCCO2)NCc1ccn[nH]1. The number of fused-ring (bicyclic) bond motifs is 1. The number of nitrogens with zero attached hydrogens (tertiary/aromatic N) is 1. The number of rotatable bonds is 4. The Morgan fingerprint density at radius 2 is 2.09 bits per heavy atom. The van der Waals surface area contributed by atoms with E-state index >= 15 is 0 Å². The van der Waals surface area contributed by atoms with E-state index in [0.29, 0.717) is 42.8 Å². The summed E-state index contributed by atoms with van der Waals surface area (Å²) >= 11 is 6.22. The molecule has 0 aliphatic carbocycles. The molecule has 0 spiro atoms. The molecule has 2 heterocycles. The molecule has 1 aromatic heterocycles. The zero-order chi connectivity index (χ0) is 16.1. The fourth-order valence-electron chi connectivity index (χ4n) is 2.19. The van der Waals surface area contributed by atoms with Crippen LogP contribution < -0.4 is 20.1 Å². The minimum atomic E-state index is -0.275. The average Bonchev–Trinajstić information content (AvgIpc) is 2.95. The highest BCUT2D eigenvalue weighted by Gasteiger charge is 2.15. The van der Waals surface area contributed by atoms with Crippen LogP contribution in [0.4, 0.5) is 4.79 Å². The first-order valence-corrected chi connectivity index (χ1v) is 7.68. The number of aromatic nitrogens is 2. The van der Waals surface area contributed by atoms with Gasteiger partial charge in [-0.2, -0.15) is 5.10 Å². The first kappa shape index (κ1) is 15.5. The molecule has 1 aromatic carbocycles. The van der Waals surface area contributed by atoms with E-state index < -0.39 is 0 Å². The van der Waals surface area contributed by atoms with Crippen LogP contribution in [0.15, 0.2) is 24.4 Å². The number of amides is 2. The molecule has 0 unspecified atom stereocenters. The maximum absolute atomic E-state index is 11.8. The second-order valence-corrected chi connectivity index (χ2v) is 5.48. The lowest BCUT2D eigenvalue weighted by molar-refractivity contribution is 0.240. The standard InChI is InChI=1S/C15H17ClN4O3/c16-12-6-10(7-13-14(12)23-5-1-4-22-13)8-17-15(21)18-9-11-2-3-19-20-11/h2-3,6-7H,1,4-5,8-9H2,(H,19,20)(H2,17,18,21). The Morgan fingerprint density at radius 3 is 2.91 bits per heavy atom. The third-order valence-corrected chi connectivity index (χ3v) is 3.59. The van der Waals surface area contributed by atoms with Gasteiger partial charge in [0.05, 0.1) is 30.5 Å². The van der Waals surface area contributed by atoms with Crippen LogP contribution in [0.5, 0.6) is 11.5 Å². The van der Waals surface area contributed by atoms with E-state index in [9.17, 15) is 4.79 Å². The highest BCUT2D eigenvalue weighted by Crippen LogP contribution is 2.37. The van der Waals surface area contributed by atoms with E-state index in [4.69, 9.17) is 21.1 Å². The number of H-pyrrole nitrogens is 1. The minimum Gasteiger partial charge on any atom is -0.489 e. The first-order chi connectivity index (χ1) is 11.2. The Balaban J connectivity index is 1.56. The van der Waals surface area contributed by atoms with Gasteiger partial charge in [-0.15, -0.1) is 0 Å². The number of ether oxygens (including phenoxy) is 2. The molecule has 23 heavy (non-hydrogen) atoms. The molecule has 122 valence electrons. The summed E-state index contributed by atoms with van der Waals surface area (Å²) in [4.78, 5) is 11.8. The minimum absolute atomic E-state index is 0.275. The Hall–Kier alpha value is -2.41. The van der Waals surface area contributed by atoms with Gasteiger partial charge in [-0.25, -0.2) is 4.79 Å². The lowest BCUT2D eigenvalue weighted by Gasteiger charge is -2.12. The second-order valence-electron chi connectivity index (χ2n) is 5.07. The Labute approximate surface area is 138 Å². The van der Waals surface area contributed by atoms with Crippen molar-refractivity contribution in [3.05, 3.63) is 40.7 Å². The highest BCUT2D eigenvalue weighted by molar-refractivity contribution is 6.32. The molecule has 0 atom stereocenters. The summed E-state index contributed by atoms with van der Waals surface area (Å²) in [5.74, 6) is 1.18. The first-order valence-electron chi connectivity index (χ1n) is 7.30. The predicted molar refractivity (Wildman–Crippen MR) is 84.7 cm³/mol. The summed E-state index contributed by atoms with van der Waals surface area (Å²) in [6.07, 6.45) is 2.45. The van der Waals surface area contributed by atoms with Crippen molar-refractivity contribution in [2.45, 2.75) is 19.5 Å². The van der Waals surface area contributed by atoms with Crippen molar-refractivity contribution in [3.8, 4) is 11.5 Å². The Kier molecular flexibility index (Phi) is 4.87. The van der Waals surface area contributed by atoms with E-state index in [1.165, 1.54) is 0 Å². The summed E-state index contributed by atoms with van der Waals surface area (Å²) in [7, 11) is 0. The van der Waals surface area contributed by atoms with E-state index in [-0.39, 0.29) is 6.03 Å². The topological polar surface area (TPSA) is 88.3 Å². The molecule has 3 N–H and O–H groups in total. The molecule has 1 aliphatic heterocycles. The summed E-state index contributed by atoms with van der Waals surface area (Å²) in [5, 5.41) is 12.6. The largest absolute Gasteiger partial charge is 0.489 e. The number of carbonyl (C=O) groups excluding carboxylic acids is 1. The van der Waals surface area contributed by atoms with E-state index in [0.717, 1.165) is 17.7 Å². The summed E-state index contributed by atoms with van der Waals surface area (Å²) in [5.41, 5.74) is 1.68. The van der Waals surface area contributed by atoms with Gasteiger partial charge in [-0.05, 0) is 23.8 Å². The number of urea groups is 1. The van der Waals surface area contributed by atoms with Crippen LogP contribution >= 0.6 is 11.6 Å². The van der Waals surface area contributed by atoms with Crippen LogP contribution in [-0.4, -0.2) is 29.4 Å². The molecule has 7 nitrogen and oxygen atoms in total. The number of hydrogen-bond acceptors (Lipinski definition) is 4. The average molecular weight is 337 g/mol. The number of benzene rings is 1. The maximum atomic E-state index is 11.8. The van der Waals surface area contributed by atoms with Crippen molar-refractivity contribution < 1.29 is 14.3 Å². The molecule has 2 aromatic rings. The number of nitrogens with one attached hydrogen (secondary N) is 3. The van der Waals surface area contributed by atoms with Crippen molar-refractivity contribution in [3.63, 3.8) is 0 Å². The van der Waals surface area contributed by atoms with Crippen LogP contribution in [0.3, 0.4) is 0 Å². The number of carbonyl (C=O) groups is 1. The van der Waals surface area contributed by atoms with Crippen LogP contribution in [0, 0.1) is 0 Å². The zero-order valence-corrected chi connectivity index (χ0v) is 13.2.